The molecule has 1 aromatic heterocycles. The lowest BCUT2D eigenvalue weighted by Gasteiger charge is -2.30. The summed E-state index contributed by atoms with van der Waals surface area (Å²) in [5, 5.41) is 10.4. The lowest BCUT2D eigenvalue weighted by Crippen LogP contribution is -2.45. The van der Waals surface area contributed by atoms with Gasteiger partial charge in [-0.2, -0.15) is 11.3 Å². The molecule has 0 saturated carbocycles. The third-order valence-corrected chi connectivity index (χ3v) is 7.25. The van der Waals surface area contributed by atoms with Gasteiger partial charge in [0, 0.05) is 24.9 Å². The normalized spacial score (nSPS) is 22.4. The monoisotopic (exact) mass is 443 g/mol. The van der Waals surface area contributed by atoms with Gasteiger partial charge in [0.1, 0.15) is 5.82 Å². The quantitative estimate of drug-likeness (QED) is 0.620. The molecule has 4 rings (SSSR count). The Labute approximate surface area is 187 Å². The number of amides is 2. The van der Waals surface area contributed by atoms with E-state index in [2.05, 4.69) is 27.0 Å². The van der Waals surface area contributed by atoms with E-state index in [9.17, 15) is 14.0 Å². The number of rotatable bonds is 9. The Kier molecular flexibility index (Phi) is 7.02. The zero-order chi connectivity index (χ0) is 21.7. The van der Waals surface area contributed by atoms with E-state index >= 15 is 0 Å². The predicted molar refractivity (Wildman–Crippen MR) is 120 cm³/mol. The molecule has 0 radical (unpaired) electrons. The van der Waals surface area contributed by atoms with E-state index in [4.69, 9.17) is 0 Å². The maximum absolute atomic E-state index is 13.4. The highest BCUT2D eigenvalue weighted by molar-refractivity contribution is 7.07. The maximum atomic E-state index is 13.4. The van der Waals surface area contributed by atoms with E-state index in [1.807, 2.05) is 17.5 Å². The van der Waals surface area contributed by atoms with Gasteiger partial charge in [0.2, 0.25) is 11.8 Å². The summed E-state index contributed by atoms with van der Waals surface area (Å²) in [7, 11) is 0. The molecule has 2 N–H and O–H groups in total. The van der Waals surface area contributed by atoms with Crippen LogP contribution in [0.3, 0.4) is 0 Å². The number of carbonyl (C=O) groups is 2. The van der Waals surface area contributed by atoms with E-state index in [-0.39, 0.29) is 29.2 Å². The van der Waals surface area contributed by atoms with Crippen molar-refractivity contribution in [3.8, 4) is 0 Å². The van der Waals surface area contributed by atoms with Crippen molar-refractivity contribution in [3.63, 3.8) is 0 Å². The minimum atomic E-state index is -0.333. The van der Waals surface area contributed by atoms with Crippen LogP contribution in [-0.4, -0.2) is 41.9 Å². The lowest BCUT2D eigenvalue weighted by molar-refractivity contribution is -0.123. The summed E-state index contributed by atoms with van der Waals surface area (Å²) in [4.78, 5) is 27.0. The zero-order valence-electron chi connectivity index (χ0n) is 17.7. The number of benzene rings is 1. The molecule has 31 heavy (non-hydrogen) atoms. The maximum Gasteiger partial charge on any atom is 0.220 e. The summed E-state index contributed by atoms with van der Waals surface area (Å²) in [5.41, 5.74) is 1.90. The standard InChI is InChI=1S/C24H30FN3O2S/c25-20-5-3-19(4-6-20)21(28-12-1-2-13-28)16-26-22(29)7-10-24(11-8-23(30)27-24)15-18-9-14-31-17-18/h3-6,9,14,17,21H,1-2,7-8,10-13,15-16H2,(H,26,29)(H,27,30)/t21-,24+/m1/s1. The van der Waals surface area contributed by atoms with Gasteiger partial charge in [0.05, 0.1) is 6.04 Å². The Bertz CT molecular complexity index is 881. The van der Waals surface area contributed by atoms with Gasteiger partial charge in [0.25, 0.3) is 0 Å². The molecule has 2 aliphatic rings. The van der Waals surface area contributed by atoms with Gasteiger partial charge in [-0.15, -0.1) is 0 Å². The van der Waals surface area contributed by atoms with Crippen molar-refractivity contribution in [2.24, 2.45) is 0 Å². The minimum Gasteiger partial charge on any atom is -0.354 e. The number of carbonyl (C=O) groups excluding carboxylic acids is 2. The number of nitrogens with zero attached hydrogens (tertiary/aromatic N) is 1. The molecule has 2 aliphatic heterocycles. The molecular formula is C24H30FN3O2S. The molecular weight excluding hydrogens is 413 g/mol. The molecule has 2 saturated heterocycles. The van der Waals surface area contributed by atoms with Crippen LogP contribution in [0.15, 0.2) is 41.1 Å². The average Bonchev–Trinajstić information content (AvgIpc) is 3.52. The Balaban J connectivity index is 1.35. The molecule has 0 aliphatic carbocycles. The first kappa shape index (κ1) is 22.0. The van der Waals surface area contributed by atoms with E-state index < -0.39 is 0 Å². The van der Waals surface area contributed by atoms with E-state index in [1.165, 1.54) is 17.7 Å². The Morgan fingerprint density at radius 3 is 2.65 bits per heavy atom. The largest absolute Gasteiger partial charge is 0.354 e. The van der Waals surface area contributed by atoms with Gasteiger partial charge in [0.15, 0.2) is 0 Å². The van der Waals surface area contributed by atoms with Crippen LogP contribution in [0.5, 0.6) is 0 Å². The molecule has 7 heteroatoms. The summed E-state index contributed by atoms with van der Waals surface area (Å²) in [6.07, 6.45) is 5.36. The van der Waals surface area contributed by atoms with Gasteiger partial charge in [-0.05, 0) is 85.3 Å². The van der Waals surface area contributed by atoms with Crippen molar-refractivity contribution in [1.29, 1.82) is 0 Å². The highest BCUT2D eigenvalue weighted by atomic mass is 32.1. The van der Waals surface area contributed by atoms with Gasteiger partial charge in [-0.25, -0.2) is 4.39 Å². The first-order chi connectivity index (χ1) is 15.0. The number of nitrogens with one attached hydrogen (secondary N) is 2. The molecule has 166 valence electrons. The Hall–Kier alpha value is -2.25. The number of hydrogen-bond donors (Lipinski definition) is 2. The fraction of sp³-hybridized carbons (Fsp3) is 0.500. The van der Waals surface area contributed by atoms with Crippen LogP contribution in [0.2, 0.25) is 0 Å². The second-order valence-electron chi connectivity index (χ2n) is 8.75. The lowest BCUT2D eigenvalue weighted by atomic mass is 9.85. The van der Waals surface area contributed by atoms with Crippen molar-refractivity contribution >= 4 is 23.2 Å². The molecule has 2 atom stereocenters. The number of thiophene rings is 1. The molecule has 5 nitrogen and oxygen atoms in total. The molecule has 0 bridgehead atoms. The van der Waals surface area contributed by atoms with Crippen molar-refractivity contribution in [1.82, 2.24) is 15.5 Å². The van der Waals surface area contributed by atoms with Gasteiger partial charge in [-0.3, -0.25) is 14.5 Å². The summed E-state index contributed by atoms with van der Waals surface area (Å²) < 4.78 is 13.4. The van der Waals surface area contributed by atoms with Crippen molar-refractivity contribution in [2.75, 3.05) is 19.6 Å². The molecule has 0 unspecified atom stereocenters. The van der Waals surface area contributed by atoms with Crippen LogP contribution in [-0.2, 0) is 16.0 Å². The second kappa shape index (κ2) is 9.92. The third kappa shape index (κ3) is 5.71. The van der Waals surface area contributed by atoms with E-state index in [0.29, 0.717) is 25.8 Å². The molecule has 3 heterocycles. The molecule has 1 aromatic carbocycles. The topological polar surface area (TPSA) is 61.4 Å². The van der Waals surface area contributed by atoms with Crippen LogP contribution in [0.25, 0.3) is 0 Å². The number of hydrogen-bond acceptors (Lipinski definition) is 4. The predicted octanol–water partition coefficient (Wildman–Crippen LogP) is 3.81. The third-order valence-electron chi connectivity index (χ3n) is 6.52. The van der Waals surface area contributed by atoms with Crippen LogP contribution in [0.1, 0.15) is 55.7 Å². The number of likely N-dealkylation sites (tertiary alicyclic amines) is 1. The van der Waals surface area contributed by atoms with E-state index in [1.54, 1.807) is 11.3 Å². The van der Waals surface area contributed by atoms with Crippen molar-refractivity contribution in [3.05, 3.63) is 58.0 Å². The highest BCUT2D eigenvalue weighted by Crippen LogP contribution is 2.30. The van der Waals surface area contributed by atoms with Crippen molar-refractivity contribution < 1.29 is 14.0 Å². The molecule has 2 fully saturated rings. The van der Waals surface area contributed by atoms with Crippen LogP contribution >= 0.6 is 11.3 Å². The van der Waals surface area contributed by atoms with Gasteiger partial charge >= 0.3 is 0 Å². The number of halogens is 1. The van der Waals surface area contributed by atoms with Gasteiger partial charge in [-0.1, -0.05) is 12.1 Å². The van der Waals surface area contributed by atoms with Crippen LogP contribution in [0.4, 0.5) is 4.39 Å². The first-order valence-electron chi connectivity index (χ1n) is 11.1. The highest BCUT2D eigenvalue weighted by Gasteiger charge is 2.38. The molecule has 2 aromatic rings. The minimum absolute atomic E-state index is 0.00264. The van der Waals surface area contributed by atoms with Crippen LogP contribution < -0.4 is 10.6 Å². The summed E-state index contributed by atoms with van der Waals surface area (Å²) in [6, 6.07) is 8.73. The summed E-state index contributed by atoms with van der Waals surface area (Å²) >= 11 is 1.65. The fourth-order valence-corrected chi connectivity index (χ4v) is 5.48. The average molecular weight is 444 g/mol. The second-order valence-corrected chi connectivity index (χ2v) is 9.53. The van der Waals surface area contributed by atoms with Crippen molar-refractivity contribution in [2.45, 2.75) is 56.5 Å². The zero-order valence-corrected chi connectivity index (χ0v) is 18.6. The molecule has 2 amide bonds. The Morgan fingerprint density at radius 1 is 1.23 bits per heavy atom. The van der Waals surface area contributed by atoms with E-state index in [0.717, 1.165) is 44.3 Å². The molecule has 0 spiro atoms. The summed E-state index contributed by atoms with van der Waals surface area (Å²) in [6.45, 7) is 2.50. The van der Waals surface area contributed by atoms with Crippen LogP contribution in [0, 0.1) is 5.82 Å². The van der Waals surface area contributed by atoms with Gasteiger partial charge < -0.3 is 10.6 Å². The first-order valence-corrected chi connectivity index (χ1v) is 12.1. The Morgan fingerprint density at radius 2 is 2.00 bits per heavy atom. The summed E-state index contributed by atoms with van der Waals surface area (Å²) in [5.74, 6) is -0.180. The SMILES string of the molecule is O=C(CC[C@@]1(Cc2ccsc2)CCC(=O)N1)NC[C@H](c1ccc(F)cc1)N1CCCC1. The smallest absolute Gasteiger partial charge is 0.220 e. The fourth-order valence-electron chi connectivity index (χ4n) is 4.81.